The van der Waals surface area contributed by atoms with Crippen molar-refractivity contribution in [2.24, 2.45) is 5.92 Å². The second-order valence-corrected chi connectivity index (χ2v) is 5.69. The van der Waals surface area contributed by atoms with Crippen molar-refractivity contribution >= 4 is 10.9 Å². The Morgan fingerprint density at radius 3 is 3.06 bits per heavy atom. The minimum atomic E-state index is 0.764. The van der Waals surface area contributed by atoms with Gasteiger partial charge in [0.15, 0.2) is 0 Å². The predicted octanol–water partition coefficient (Wildman–Crippen LogP) is 2.76. The Hall–Kier alpha value is -1.28. The zero-order valence-corrected chi connectivity index (χ0v) is 10.2. The lowest BCUT2D eigenvalue weighted by Gasteiger charge is -2.24. The lowest BCUT2D eigenvalue weighted by Crippen LogP contribution is -2.18. The summed E-state index contributed by atoms with van der Waals surface area (Å²) in [6.07, 6.45) is 2.59. The molecule has 0 saturated carbocycles. The molecule has 4 rings (SSSR count). The monoisotopic (exact) mass is 226 g/mol. The van der Waals surface area contributed by atoms with Crippen molar-refractivity contribution in [2.45, 2.75) is 18.8 Å². The first-order valence-corrected chi connectivity index (χ1v) is 6.61. The fraction of sp³-hybridized carbons (Fsp3) is 0.467. The number of hydrogen-bond donors (Lipinski definition) is 1. The summed E-state index contributed by atoms with van der Waals surface area (Å²) in [5, 5.41) is 1.47. The smallest absolute Gasteiger partial charge is 0.0459 e. The second kappa shape index (κ2) is 3.36. The molecule has 1 aliphatic carbocycles. The number of fused-ring (bicyclic) bond motifs is 5. The van der Waals surface area contributed by atoms with Crippen molar-refractivity contribution in [3.05, 3.63) is 35.5 Å². The molecule has 1 fully saturated rings. The summed E-state index contributed by atoms with van der Waals surface area (Å²) in [5.74, 6) is 1.65. The summed E-state index contributed by atoms with van der Waals surface area (Å²) in [5.41, 5.74) is 4.46. The number of likely N-dealkylation sites (tertiary alicyclic amines) is 1. The van der Waals surface area contributed by atoms with Crippen LogP contribution in [0.5, 0.6) is 0 Å². The Morgan fingerprint density at radius 1 is 1.24 bits per heavy atom. The van der Waals surface area contributed by atoms with Gasteiger partial charge in [-0.05, 0) is 37.4 Å². The third-order valence-electron chi connectivity index (χ3n) is 4.59. The van der Waals surface area contributed by atoms with Crippen molar-refractivity contribution in [3.63, 3.8) is 0 Å². The van der Waals surface area contributed by atoms with Crippen molar-refractivity contribution in [3.8, 4) is 0 Å². The van der Waals surface area contributed by atoms with Crippen LogP contribution < -0.4 is 0 Å². The first-order chi connectivity index (χ1) is 8.33. The molecule has 1 aromatic heterocycles. The average molecular weight is 226 g/mol. The number of aromatic amines is 1. The highest BCUT2D eigenvalue weighted by atomic mass is 15.1. The molecule has 0 bridgehead atoms. The number of para-hydroxylation sites is 1. The van der Waals surface area contributed by atoms with Crippen LogP contribution in [0.3, 0.4) is 0 Å². The number of rotatable bonds is 0. The van der Waals surface area contributed by atoms with Crippen LogP contribution in [0.4, 0.5) is 0 Å². The van der Waals surface area contributed by atoms with E-state index in [0.29, 0.717) is 0 Å². The van der Waals surface area contributed by atoms with E-state index in [-0.39, 0.29) is 0 Å². The number of aromatic nitrogens is 1. The summed E-state index contributed by atoms with van der Waals surface area (Å²) < 4.78 is 0. The lowest BCUT2D eigenvalue weighted by molar-refractivity contribution is 0.386. The van der Waals surface area contributed by atoms with E-state index in [9.17, 15) is 0 Å². The van der Waals surface area contributed by atoms with Gasteiger partial charge in [0.25, 0.3) is 0 Å². The van der Waals surface area contributed by atoms with Crippen LogP contribution in [0.25, 0.3) is 10.9 Å². The van der Waals surface area contributed by atoms with Gasteiger partial charge in [0.05, 0.1) is 0 Å². The number of nitrogens with one attached hydrogen (secondary N) is 1. The van der Waals surface area contributed by atoms with Crippen LogP contribution in [0, 0.1) is 5.92 Å². The predicted molar refractivity (Wildman–Crippen MR) is 70.3 cm³/mol. The Kier molecular flexibility index (Phi) is 1.92. The van der Waals surface area contributed by atoms with Gasteiger partial charge >= 0.3 is 0 Å². The first-order valence-electron chi connectivity index (χ1n) is 6.61. The maximum absolute atomic E-state index is 3.62. The molecule has 0 amide bonds. The molecule has 0 spiro atoms. The number of nitrogens with zero attached hydrogens (tertiary/aromatic N) is 1. The molecule has 17 heavy (non-hydrogen) atoms. The molecule has 88 valence electrons. The number of aryl methyl sites for hydroxylation is 1. The molecule has 1 N–H and O–H groups in total. The molecule has 2 aliphatic rings. The highest BCUT2D eigenvalue weighted by molar-refractivity contribution is 5.85. The Bertz CT molecular complexity index is 569. The Morgan fingerprint density at radius 2 is 2.12 bits per heavy atom. The Balaban J connectivity index is 1.94. The highest BCUT2D eigenvalue weighted by Crippen LogP contribution is 2.43. The standard InChI is InChI=1S/C15H18N2/c1-17-8-10-6-7-14-15(12(10)9-17)11-4-2-3-5-13(11)16-14/h2-5,10,12,16H,6-9H2,1H3/t10-,12+/m1/s1. The van der Waals surface area contributed by atoms with Gasteiger partial charge in [-0.15, -0.1) is 0 Å². The van der Waals surface area contributed by atoms with E-state index < -0.39 is 0 Å². The average Bonchev–Trinajstić information content (AvgIpc) is 2.87. The quantitative estimate of drug-likeness (QED) is 0.732. The molecule has 2 atom stereocenters. The van der Waals surface area contributed by atoms with Gasteiger partial charge in [0, 0.05) is 35.6 Å². The molecule has 2 heteroatoms. The fourth-order valence-corrected chi connectivity index (χ4v) is 3.88. The largest absolute Gasteiger partial charge is 0.358 e. The van der Waals surface area contributed by atoms with Crippen LogP contribution in [0.1, 0.15) is 23.6 Å². The summed E-state index contributed by atoms with van der Waals surface area (Å²) in [4.78, 5) is 6.12. The van der Waals surface area contributed by atoms with Gasteiger partial charge in [-0.25, -0.2) is 0 Å². The van der Waals surface area contributed by atoms with Crippen LogP contribution in [0.15, 0.2) is 24.3 Å². The van der Waals surface area contributed by atoms with E-state index >= 15 is 0 Å². The zero-order chi connectivity index (χ0) is 11.4. The third-order valence-corrected chi connectivity index (χ3v) is 4.59. The summed E-state index contributed by atoms with van der Waals surface area (Å²) in [6, 6.07) is 8.79. The van der Waals surface area contributed by atoms with E-state index in [0.717, 1.165) is 11.8 Å². The number of benzene rings is 1. The lowest BCUT2D eigenvalue weighted by atomic mass is 9.79. The molecule has 2 nitrogen and oxygen atoms in total. The van der Waals surface area contributed by atoms with Gasteiger partial charge in [0.1, 0.15) is 0 Å². The second-order valence-electron chi connectivity index (χ2n) is 5.69. The number of likely N-dealkylation sites (N-methyl/N-ethyl adjacent to an activating group) is 1. The van der Waals surface area contributed by atoms with Gasteiger partial charge in [0.2, 0.25) is 0 Å². The van der Waals surface area contributed by atoms with Gasteiger partial charge in [-0.3, -0.25) is 0 Å². The minimum Gasteiger partial charge on any atom is -0.358 e. The Labute approximate surface area is 102 Å². The molecule has 1 aliphatic heterocycles. The summed E-state index contributed by atoms with van der Waals surface area (Å²) in [7, 11) is 2.26. The van der Waals surface area contributed by atoms with Crippen molar-refractivity contribution in [1.29, 1.82) is 0 Å². The van der Waals surface area contributed by atoms with E-state index in [4.69, 9.17) is 0 Å². The molecular formula is C15H18N2. The molecular weight excluding hydrogens is 208 g/mol. The maximum Gasteiger partial charge on any atom is 0.0459 e. The van der Waals surface area contributed by atoms with Crippen LogP contribution in [-0.4, -0.2) is 30.0 Å². The van der Waals surface area contributed by atoms with Crippen LogP contribution in [-0.2, 0) is 6.42 Å². The first kappa shape index (κ1) is 9.72. The summed E-state index contributed by atoms with van der Waals surface area (Å²) in [6.45, 7) is 2.52. The van der Waals surface area contributed by atoms with Gasteiger partial charge < -0.3 is 9.88 Å². The maximum atomic E-state index is 3.62. The SMILES string of the molecule is CN1C[C@H]2CCc3[nH]c4ccccc4c3[C@H]2C1. The number of H-pyrrole nitrogens is 1. The molecule has 2 heterocycles. The van der Waals surface area contributed by atoms with Gasteiger partial charge in [-0.1, -0.05) is 18.2 Å². The normalized spacial score (nSPS) is 28.3. The van der Waals surface area contributed by atoms with Crippen LogP contribution in [0.2, 0.25) is 0 Å². The number of hydrogen-bond acceptors (Lipinski definition) is 1. The van der Waals surface area contributed by atoms with Crippen molar-refractivity contribution in [1.82, 2.24) is 9.88 Å². The molecule has 1 aromatic carbocycles. The van der Waals surface area contributed by atoms with Crippen LogP contribution >= 0.6 is 0 Å². The minimum absolute atomic E-state index is 0.764. The topological polar surface area (TPSA) is 19.0 Å². The van der Waals surface area contributed by atoms with E-state index in [1.54, 1.807) is 5.56 Å². The van der Waals surface area contributed by atoms with Crippen molar-refractivity contribution < 1.29 is 0 Å². The molecule has 0 unspecified atom stereocenters. The summed E-state index contributed by atoms with van der Waals surface area (Å²) >= 11 is 0. The van der Waals surface area contributed by atoms with Crippen molar-refractivity contribution in [2.75, 3.05) is 20.1 Å². The van der Waals surface area contributed by atoms with E-state index in [1.807, 2.05) is 0 Å². The molecule has 2 aromatic rings. The van der Waals surface area contributed by atoms with E-state index in [1.165, 1.54) is 42.5 Å². The third kappa shape index (κ3) is 1.31. The molecule has 0 radical (unpaired) electrons. The highest BCUT2D eigenvalue weighted by Gasteiger charge is 2.37. The van der Waals surface area contributed by atoms with Gasteiger partial charge in [-0.2, -0.15) is 0 Å². The zero-order valence-electron chi connectivity index (χ0n) is 10.2. The van der Waals surface area contributed by atoms with E-state index in [2.05, 4.69) is 41.2 Å². The fourth-order valence-electron chi connectivity index (χ4n) is 3.88. The molecule has 1 saturated heterocycles.